The molecule has 1 saturated carbocycles. The molecule has 0 saturated heterocycles. The predicted molar refractivity (Wildman–Crippen MR) is 98.5 cm³/mol. The number of thiophene rings is 1. The highest BCUT2D eigenvalue weighted by Crippen LogP contribution is 2.51. The van der Waals surface area contributed by atoms with Crippen LogP contribution in [-0.4, -0.2) is 30.6 Å². The van der Waals surface area contributed by atoms with Crippen molar-refractivity contribution in [1.82, 2.24) is 14.8 Å². The van der Waals surface area contributed by atoms with Crippen molar-refractivity contribution in [3.63, 3.8) is 0 Å². The first kappa shape index (κ1) is 16.6. The molecule has 0 radical (unpaired) electrons. The molecule has 1 N–H and O–H groups in total. The van der Waals surface area contributed by atoms with Crippen LogP contribution in [0.3, 0.4) is 0 Å². The molecule has 8 heteroatoms. The summed E-state index contributed by atoms with van der Waals surface area (Å²) in [6.07, 6.45) is 6.05. The Hall–Kier alpha value is -0.860. The minimum atomic E-state index is -0.954. The zero-order valence-corrected chi connectivity index (χ0v) is 16.7. The lowest BCUT2D eigenvalue weighted by Gasteiger charge is -2.18. The molecule has 2 aromatic heterocycles. The Kier molecular flexibility index (Phi) is 4.04. The van der Waals surface area contributed by atoms with E-state index in [0.29, 0.717) is 9.89 Å². The predicted octanol–water partition coefficient (Wildman–Crippen LogP) is 4.41. The average Bonchev–Trinajstić information content (AvgIpc) is 2.97. The van der Waals surface area contributed by atoms with E-state index in [0.717, 1.165) is 12.3 Å². The van der Waals surface area contributed by atoms with Gasteiger partial charge in [-0.25, -0.2) is 0 Å². The van der Waals surface area contributed by atoms with Gasteiger partial charge in [0.05, 0.1) is 0 Å². The first-order chi connectivity index (χ1) is 11.4. The highest BCUT2D eigenvalue weighted by atomic mass is 79.9. The van der Waals surface area contributed by atoms with Crippen molar-refractivity contribution in [1.29, 1.82) is 0 Å². The third-order valence-corrected chi connectivity index (χ3v) is 7.65. The van der Waals surface area contributed by atoms with Gasteiger partial charge in [0.1, 0.15) is 9.75 Å². The molecule has 0 bridgehead atoms. The third-order valence-electron chi connectivity index (χ3n) is 4.59. The van der Waals surface area contributed by atoms with E-state index in [1.165, 1.54) is 58.5 Å². The zero-order valence-electron chi connectivity index (χ0n) is 13.5. The van der Waals surface area contributed by atoms with Crippen LogP contribution in [0.1, 0.15) is 55.0 Å². The van der Waals surface area contributed by atoms with Gasteiger partial charge in [-0.2, -0.15) is 0 Å². The summed E-state index contributed by atoms with van der Waals surface area (Å²) in [5.41, 5.74) is 2.95. The lowest BCUT2D eigenvalue weighted by Crippen LogP contribution is -2.27. The first-order valence-electron chi connectivity index (χ1n) is 8.06. The van der Waals surface area contributed by atoms with Gasteiger partial charge in [-0.15, -0.1) is 21.5 Å². The summed E-state index contributed by atoms with van der Waals surface area (Å²) in [5, 5.41) is 19.6. The Morgan fingerprint density at radius 2 is 2.04 bits per heavy atom. The molecule has 0 unspecified atom stereocenters. The summed E-state index contributed by atoms with van der Waals surface area (Å²) in [6.45, 7) is 3.39. The molecule has 0 aliphatic heterocycles. The van der Waals surface area contributed by atoms with Crippen LogP contribution in [0.4, 0.5) is 0 Å². The zero-order chi connectivity index (χ0) is 17.1. The average molecular weight is 428 g/mol. The van der Waals surface area contributed by atoms with Gasteiger partial charge in [-0.3, -0.25) is 9.36 Å². The Bertz CT molecular complexity index is 824. The fourth-order valence-corrected chi connectivity index (χ4v) is 6.28. The van der Waals surface area contributed by atoms with Crippen LogP contribution in [0.15, 0.2) is 9.89 Å². The van der Waals surface area contributed by atoms with E-state index in [1.54, 1.807) is 13.8 Å². The molecule has 128 valence electrons. The number of aromatic nitrogens is 3. The lowest BCUT2D eigenvalue weighted by molar-refractivity contribution is -0.138. The Labute approximate surface area is 157 Å². The smallest absolute Gasteiger partial charge is 0.319 e. The fourth-order valence-electron chi connectivity index (χ4n) is 3.10. The van der Waals surface area contributed by atoms with Gasteiger partial charge >= 0.3 is 5.97 Å². The molecule has 2 aliphatic carbocycles. The molecule has 0 atom stereocenters. The number of nitrogens with zero attached hydrogens (tertiary/aromatic N) is 3. The molecule has 2 aliphatic rings. The highest BCUT2D eigenvalue weighted by molar-refractivity contribution is 9.10. The standard InChI is InChI=1S/C16H18BrN3O2S2/c1-16(2,13(21)22)24-15-19-18-14(17)20(15)12-10-5-3-4-9(10)11(23-12)8-6-7-8/h8H,3-7H2,1-2H3,(H,21,22). The summed E-state index contributed by atoms with van der Waals surface area (Å²) in [4.78, 5) is 13.0. The minimum Gasteiger partial charge on any atom is -0.480 e. The van der Waals surface area contributed by atoms with Gasteiger partial charge in [-0.1, -0.05) is 11.8 Å². The number of carboxylic acids is 1. The number of fused-ring (bicyclic) bond motifs is 1. The maximum atomic E-state index is 11.5. The van der Waals surface area contributed by atoms with E-state index in [-0.39, 0.29) is 0 Å². The molecule has 2 aromatic rings. The molecule has 0 aromatic carbocycles. The van der Waals surface area contributed by atoms with Crippen molar-refractivity contribution in [3.05, 3.63) is 20.7 Å². The van der Waals surface area contributed by atoms with E-state index in [4.69, 9.17) is 0 Å². The van der Waals surface area contributed by atoms with Crippen molar-refractivity contribution in [2.24, 2.45) is 0 Å². The molecule has 0 amide bonds. The monoisotopic (exact) mass is 427 g/mol. The summed E-state index contributed by atoms with van der Waals surface area (Å²) >= 11 is 6.59. The van der Waals surface area contributed by atoms with Gasteiger partial charge < -0.3 is 5.11 Å². The molecular formula is C16H18BrN3O2S2. The molecule has 1 fully saturated rings. The molecule has 0 spiro atoms. The largest absolute Gasteiger partial charge is 0.480 e. The van der Waals surface area contributed by atoms with E-state index in [9.17, 15) is 9.90 Å². The summed E-state index contributed by atoms with van der Waals surface area (Å²) in [5.74, 6) is -0.120. The number of carbonyl (C=O) groups is 1. The second-order valence-corrected chi connectivity index (χ2v) is 10.2. The summed E-state index contributed by atoms with van der Waals surface area (Å²) < 4.78 is 1.68. The third kappa shape index (κ3) is 2.72. The van der Waals surface area contributed by atoms with E-state index in [1.807, 2.05) is 15.9 Å². The number of carboxylic acid groups (broad SMARTS) is 1. The first-order valence-corrected chi connectivity index (χ1v) is 10.5. The highest BCUT2D eigenvalue weighted by Gasteiger charge is 2.36. The molecule has 24 heavy (non-hydrogen) atoms. The van der Waals surface area contributed by atoms with Crippen LogP contribution in [-0.2, 0) is 17.6 Å². The second-order valence-electron chi connectivity index (χ2n) is 6.86. The van der Waals surface area contributed by atoms with E-state index < -0.39 is 10.7 Å². The van der Waals surface area contributed by atoms with Gasteiger partial charge in [0.15, 0.2) is 5.16 Å². The van der Waals surface area contributed by atoms with Crippen molar-refractivity contribution in [2.45, 2.75) is 61.8 Å². The van der Waals surface area contributed by atoms with Crippen LogP contribution in [0.25, 0.3) is 5.00 Å². The van der Waals surface area contributed by atoms with Crippen LogP contribution in [0.5, 0.6) is 0 Å². The van der Waals surface area contributed by atoms with Gasteiger partial charge in [-0.05, 0) is 78.9 Å². The minimum absolute atomic E-state index is 0.632. The van der Waals surface area contributed by atoms with Crippen molar-refractivity contribution in [2.75, 3.05) is 0 Å². The maximum Gasteiger partial charge on any atom is 0.319 e. The number of aliphatic carboxylic acids is 1. The maximum absolute atomic E-state index is 11.5. The summed E-state index contributed by atoms with van der Waals surface area (Å²) in [6, 6.07) is 0. The molecule has 2 heterocycles. The van der Waals surface area contributed by atoms with Crippen molar-refractivity contribution in [3.8, 4) is 5.00 Å². The quantitative estimate of drug-likeness (QED) is 0.715. The molecule has 5 nitrogen and oxygen atoms in total. The topological polar surface area (TPSA) is 68.0 Å². The van der Waals surface area contributed by atoms with Gasteiger partial charge in [0.25, 0.3) is 0 Å². The van der Waals surface area contributed by atoms with Crippen LogP contribution in [0.2, 0.25) is 0 Å². The van der Waals surface area contributed by atoms with Crippen LogP contribution < -0.4 is 0 Å². The van der Waals surface area contributed by atoms with Gasteiger partial charge in [0.2, 0.25) is 4.73 Å². The summed E-state index contributed by atoms with van der Waals surface area (Å²) in [7, 11) is 0. The van der Waals surface area contributed by atoms with Crippen molar-refractivity contribution >= 4 is 45.0 Å². The fraction of sp³-hybridized carbons (Fsp3) is 0.562. The number of rotatable bonds is 5. The lowest BCUT2D eigenvalue weighted by atomic mass is 10.1. The van der Waals surface area contributed by atoms with Crippen LogP contribution in [0, 0.1) is 0 Å². The number of halogens is 1. The Morgan fingerprint density at radius 3 is 2.71 bits per heavy atom. The number of hydrogen-bond acceptors (Lipinski definition) is 5. The second kappa shape index (κ2) is 5.85. The molecule has 4 rings (SSSR count). The van der Waals surface area contributed by atoms with E-state index in [2.05, 4.69) is 26.1 Å². The number of thioether (sulfide) groups is 1. The molecular weight excluding hydrogens is 410 g/mol. The normalized spacial score (nSPS) is 17.3. The van der Waals surface area contributed by atoms with Gasteiger partial charge in [0, 0.05) is 4.88 Å². The van der Waals surface area contributed by atoms with Crippen molar-refractivity contribution < 1.29 is 9.90 Å². The van der Waals surface area contributed by atoms with Crippen LogP contribution >= 0.6 is 39.0 Å². The SMILES string of the molecule is CC(C)(Sc1nnc(Br)n1-c1sc(C2CC2)c2c1CCC2)C(=O)O. The Balaban J connectivity index is 1.79. The van der Waals surface area contributed by atoms with E-state index >= 15 is 0 Å². The number of hydrogen-bond donors (Lipinski definition) is 1. The Morgan fingerprint density at radius 1 is 1.33 bits per heavy atom.